The van der Waals surface area contributed by atoms with Crippen LogP contribution in [0.4, 0.5) is 0 Å². The van der Waals surface area contributed by atoms with Gasteiger partial charge in [-0.3, -0.25) is 0 Å². The van der Waals surface area contributed by atoms with E-state index in [2.05, 4.69) is 13.8 Å². The van der Waals surface area contributed by atoms with Crippen LogP contribution < -0.4 is 9.47 Å². The molecule has 2 aromatic rings. The zero-order chi connectivity index (χ0) is 23.9. The highest BCUT2D eigenvalue weighted by molar-refractivity contribution is 5.24. The van der Waals surface area contributed by atoms with Crippen molar-refractivity contribution in [3.8, 4) is 11.5 Å². The summed E-state index contributed by atoms with van der Waals surface area (Å²) in [6.07, 6.45) is 11.9. The molecular weight excluding hydrogens is 424 g/mol. The van der Waals surface area contributed by atoms with Crippen molar-refractivity contribution in [1.82, 2.24) is 0 Å². The van der Waals surface area contributed by atoms with E-state index in [0.717, 1.165) is 50.4 Å². The minimum absolute atomic E-state index is 0.268. The Bertz CT molecular complexity index is 718. The van der Waals surface area contributed by atoms with E-state index in [9.17, 15) is 0 Å². The molecule has 0 radical (unpaired) electrons. The highest BCUT2D eigenvalue weighted by Gasteiger charge is 2.41. The highest BCUT2D eigenvalue weighted by Crippen LogP contribution is 2.37. The molecule has 0 saturated carbocycles. The molecule has 0 aliphatic carbocycles. The van der Waals surface area contributed by atoms with Crippen molar-refractivity contribution in [2.45, 2.75) is 89.9 Å². The lowest BCUT2D eigenvalue weighted by atomic mass is 9.86. The fourth-order valence-electron chi connectivity index (χ4n) is 4.56. The molecule has 0 amide bonds. The summed E-state index contributed by atoms with van der Waals surface area (Å²) in [6.45, 7) is 6.76. The second-order valence-corrected chi connectivity index (χ2v) is 9.42. The van der Waals surface area contributed by atoms with E-state index in [1.54, 1.807) is 0 Å². The van der Waals surface area contributed by atoms with Crippen LogP contribution in [0.2, 0.25) is 0 Å². The number of para-hydroxylation sites is 2. The topological polar surface area (TPSA) is 40.2 Å². The molecular formula is C30H44O4. The predicted octanol–water partition coefficient (Wildman–Crippen LogP) is 7.81. The molecule has 2 atom stereocenters. The average molecular weight is 469 g/mol. The second kappa shape index (κ2) is 15.1. The molecule has 0 N–H and O–H groups in total. The lowest BCUT2D eigenvalue weighted by Gasteiger charge is -2.40. The molecule has 1 saturated heterocycles. The molecule has 1 aliphatic heterocycles. The summed E-state index contributed by atoms with van der Waals surface area (Å²) in [4.78, 5) is 0. The lowest BCUT2D eigenvalue weighted by Crippen LogP contribution is -2.49. The molecule has 0 spiro atoms. The maximum atomic E-state index is 6.74. The molecule has 34 heavy (non-hydrogen) atoms. The van der Waals surface area contributed by atoms with Gasteiger partial charge in [-0.25, -0.2) is 0 Å². The van der Waals surface area contributed by atoms with Crippen molar-refractivity contribution in [3.05, 3.63) is 60.7 Å². The number of unbranched alkanes of at least 4 members (excludes halogenated alkanes) is 5. The summed E-state index contributed by atoms with van der Waals surface area (Å²) in [7, 11) is 0. The van der Waals surface area contributed by atoms with Crippen LogP contribution in [0, 0.1) is 5.92 Å². The smallest absolute Gasteiger partial charge is 0.253 e. The van der Waals surface area contributed by atoms with Crippen molar-refractivity contribution < 1.29 is 18.9 Å². The number of hydrogen-bond donors (Lipinski definition) is 0. The number of epoxide rings is 1. The van der Waals surface area contributed by atoms with Gasteiger partial charge in [0.15, 0.2) is 0 Å². The average Bonchev–Trinajstić information content (AvgIpc) is 3.70. The van der Waals surface area contributed by atoms with Crippen molar-refractivity contribution >= 4 is 0 Å². The monoisotopic (exact) mass is 468 g/mol. The summed E-state index contributed by atoms with van der Waals surface area (Å²) < 4.78 is 24.6. The molecule has 3 rings (SSSR count). The summed E-state index contributed by atoms with van der Waals surface area (Å²) in [6, 6.07) is 20.2. The van der Waals surface area contributed by atoms with Gasteiger partial charge in [0.05, 0.1) is 13.2 Å². The number of ether oxygens (including phenoxy) is 4. The first-order valence-electron chi connectivity index (χ1n) is 13.4. The number of hydrogen-bond acceptors (Lipinski definition) is 4. The SMILES string of the molecule is CCCCCCCCC(CCCOCC1CO1)C(CC)(Oc1ccccc1)Oc1ccccc1. The Morgan fingerprint density at radius 2 is 1.35 bits per heavy atom. The van der Waals surface area contributed by atoms with Crippen LogP contribution in [0.1, 0.15) is 78.1 Å². The van der Waals surface area contributed by atoms with Crippen molar-refractivity contribution in [2.24, 2.45) is 5.92 Å². The molecule has 4 nitrogen and oxygen atoms in total. The van der Waals surface area contributed by atoms with Crippen LogP contribution >= 0.6 is 0 Å². The van der Waals surface area contributed by atoms with E-state index in [-0.39, 0.29) is 5.92 Å². The lowest BCUT2D eigenvalue weighted by molar-refractivity contribution is -0.164. The van der Waals surface area contributed by atoms with Gasteiger partial charge in [0.2, 0.25) is 0 Å². The molecule has 1 aliphatic rings. The van der Waals surface area contributed by atoms with Crippen LogP contribution in [0.5, 0.6) is 11.5 Å². The van der Waals surface area contributed by atoms with Crippen LogP contribution in [-0.2, 0) is 9.47 Å². The Morgan fingerprint density at radius 3 is 1.91 bits per heavy atom. The van der Waals surface area contributed by atoms with E-state index < -0.39 is 5.79 Å². The molecule has 1 fully saturated rings. The van der Waals surface area contributed by atoms with Gasteiger partial charge in [-0.2, -0.15) is 0 Å². The zero-order valence-electron chi connectivity index (χ0n) is 21.3. The zero-order valence-corrected chi connectivity index (χ0v) is 21.3. The fraction of sp³-hybridized carbons (Fsp3) is 0.600. The molecule has 2 unspecified atom stereocenters. The first kappa shape index (κ1) is 26.6. The Balaban J connectivity index is 1.72. The van der Waals surface area contributed by atoms with Gasteiger partial charge in [-0.05, 0) is 43.5 Å². The molecule has 188 valence electrons. The Hall–Kier alpha value is -2.04. The van der Waals surface area contributed by atoms with Crippen LogP contribution in [0.25, 0.3) is 0 Å². The molecule has 4 heteroatoms. The van der Waals surface area contributed by atoms with Gasteiger partial charge in [0.1, 0.15) is 17.6 Å². The highest BCUT2D eigenvalue weighted by atomic mass is 16.7. The van der Waals surface area contributed by atoms with Gasteiger partial charge < -0.3 is 18.9 Å². The minimum Gasteiger partial charge on any atom is -0.452 e. The predicted molar refractivity (Wildman–Crippen MR) is 138 cm³/mol. The minimum atomic E-state index is -0.717. The fourth-order valence-corrected chi connectivity index (χ4v) is 4.56. The summed E-state index contributed by atoms with van der Waals surface area (Å²) >= 11 is 0. The standard InChI is InChI=1S/C30H44O4/c1-3-5-6-7-8-11-17-26(18-16-23-31-24-29-25-32-29)30(4-2,33-27-19-12-9-13-20-27)34-28-21-14-10-15-22-28/h9-10,12-15,19-22,26,29H,3-8,11,16-18,23-25H2,1-2H3. The molecule has 0 bridgehead atoms. The normalized spacial score (nSPS) is 16.2. The third kappa shape index (κ3) is 9.31. The summed E-state index contributed by atoms with van der Waals surface area (Å²) in [5, 5.41) is 0. The van der Waals surface area contributed by atoms with Crippen LogP contribution in [0.3, 0.4) is 0 Å². The van der Waals surface area contributed by atoms with E-state index >= 15 is 0 Å². The van der Waals surface area contributed by atoms with Crippen LogP contribution in [0.15, 0.2) is 60.7 Å². The molecule has 2 aromatic carbocycles. The first-order valence-corrected chi connectivity index (χ1v) is 13.4. The number of rotatable bonds is 19. The maximum absolute atomic E-state index is 6.74. The largest absolute Gasteiger partial charge is 0.452 e. The van der Waals surface area contributed by atoms with E-state index in [0.29, 0.717) is 12.7 Å². The van der Waals surface area contributed by atoms with Crippen molar-refractivity contribution in [3.63, 3.8) is 0 Å². The summed E-state index contributed by atoms with van der Waals surface area (Å²) in [5.41, 5.74) is 0. The Kier molecular flexibility index (Phi) is 11.8. The quantitative estimate of drug-likeness (QED) is 0.120. The summed E-state index contributed by atoms with van der Waals surface area (Å²) in [5.74, 6) is 1.27. The maximum Gasteiger partial charge on any atom is 0.253 e. The van der Waals surface area contributed by atoms with Crippen molar-refractivity contribution in [2.75, 3.05) is 19.8 Å². The van der Waals surface area contributed by atoms with Crippen molar-refractivity contribution in [1.29, 1.82) is 0 Å². The van der Waals surface area contributed by atoms with Gasteiger partial charge in [-0.15, -0.1) is 0 Å². The first-order chi connectivity index (χ1) is 16.8. The Morgan fingerprint density at radius 1 is 0.794 bits per heavy atom. The van der Waals surface area contributed by atoms with E-state index in [4.69, 9.17) is 18.9 Å². The van der Waals surface area contributed by atoms with Gasteiger partial charge >= 0.3 is 0 Å². The van der Waals surface area contributed by atoms with Gasteiger partial charge in [0, 0.05) is 18.9 Å². The van der Waals surface area contributed by atoms with E-state index in [1.165, 1.54) is 38.5 Å². The molecule has 0 aromatic heterocycles. The van der Waals surface area contributed by atoms with E-state index in [1.807, 2.05) is 60.7 Å². The van der Waals surface area contributed by atoms with Gasteiger partial charge in [0.25, 0.3) is 5.79 Å². The third-order valence-corrected chi connectivity index (χ3v) is 6.64. The third-order valence-electron chi connectivity index (χ3n) is 6.64. The molecule has 1 heterocycles. The van der Waals surface area contributed by atoms with Gasteiger partial charge in [-0.1, -0.05) is 88.8 Å². The second-order valence-electron chi connectivity index (χ2n) is 9.42. The number of benzene rings is 2. The Labute approximate surface area is 207 Å². The van der Waals surface area contributed by atoms with Crippen LogP contribution in [-0.4, -0.2) is 31.7 Å².